The first-order valence-corrected chi connectivity index (χ1v) is 16.1. The van der Waals surface area contributed by atoms with E-state index >= 15 is 0 Å². The minimum Gasteiger partial charge on any atom is -0.456 e. The van der Waals surface area contributed by atoms with Crippen LogP contribution in [0.2, 0.25) is 10.0 Å². The van der Waals surface area contributed by atoms with Crippen LogP contribution in [0, 0.1) is 0 Å². The van der Waals surface area contributed by atoms with E-state index in [0.29, 0.717) is 27.0 Å². The number of fused-ring (bicyclic) bond motifs is 2. The van der Waals surface area contributed by atoms with E-state index in [2.05, 4.69) is 0 Å². The first-order chi connectivity index (χ1) is 21.1. The van der Waals surface area contributed by atoms with Crippen LogP contribution in [0.1, 0.15) is 0 Å². The topological polar surface area (TPSA) is 56.8 Å². The Morgan fingerprint density at radius 1 is 0.727 bits per heavy atom. The molecule has 0 atom stereocenters. The normalized spacial score (nSPS) is 12.6. The van der Waals surface area contributed by atoms with Crippen LogP contribution >= 0.6 is 23.2 Å². The number of sulfonamides is 1. The zero-order valence-corrected chi connectivity index (χ0v) is 27.0. The van der Waals surface area contributed by atoms with Crippen molar-refractivity contribution in [2.75, 3.05) is 33.1 Å². The summed E-state index contributed by atoms with van der Waals surface area (Å²) in [5.74, 6) is 0.596. The van der Waals surface area contributed by atoms with Crippen molar-refractivity contribution in [2.24, 2.45) is 0 Å². The molecule has 0 bridgehead atoms. The van der Waals surface area contributed by atoms with Gasteiger partial charge in [0.05, 0.1) is 21.7 Å². The highest BCUT2D eigenvalue weighted by atomic mass is 35.5. The highest BCUT2D eigenvalue weighted by Gasteiger charge is 2.27. The van der Waals surface area contributed by atoms with E-state index in [1.807, 2.05) is 121 Å². The third-order valence-electron chi connectivity index (χ3n) is 7.81. The third-order valence-corrected chi connectivity index (χ3v) is 10.3. The van der Waals surface area contributed by atoms with Gasteiger partial charge in [-0.2, -0.15) is 4.58 Å². The van der Waals surface area contributed by atoms with Gasteiger partial charge in [-0.3, -0.25) is 0 Å². The number of rotatable bonds is 6. The molecule has 4 aromatic carbocycles. The van der Waals surface area contributed by atoms with Crippen molar-refractivity contribution in [1.29, 1.82) is 0 Å². The van der Waals surface area contributed by atoms with Crippen LogP contribution in [0.25, 0.3) is 33.4 Å². The number of para-hydroxylation sites is 2. The van der Waals surface area contributed by atoms with Gasteiger partial charge in [-0.15, -0.1) is 0 Å². The van der Waals surface area contributed by atoms with E-state index in [1.54, 1.807) is 12.1 Å². The summed E-state index contributed by atoms with van der Waals surface area (Å²) < 4.78 is 36.9. The van der Waals surface area contributed by atoms with Crippen molar-refractivity contribution in [3.05, 3.63) is 125 Å². The molecular formula is C35H30Cl2N3O3S+. The van der Waals surface area contributed by atoms with Crippen molar-refractivity contribution < 1.29 is 12.8 Å². The zero-order valence-electron chi connectivity index (χ0n) is 24.6. The molecular weight excluding hydrogens is 613 g/mol. The standard InChI is InChI=1S/C35H30Cl2N3O3S/c1-38(2)44(41,42)34-16-10-5-11-27(34)35-25-19-17-23(39(3)30-14-8-6-12-28(30)36)21-32(25)43-33-22-24(18-20-26(33)35)40(4)31-15-9-7-13-29(31)37/h5-22H,1-4H3/q+1. The van der Waals surface area contributed by atoms with Gasteiger partial charge in [0.25, 0.3) is 0 Å². The highest BCUT2D eigenvalue weighted by molar-refractivity contribution is 7.89. The smallest absolute Gasteiger partial charge is 0.243 e. The number of benzene rings is 5. The van der Waals surface area contributed by atoms with E-state index in [9.17, 15) is 8.42 Å². The monoisotopic (exact) mass is 642 g/mol. The van der Waals surface area contributed by atoms with Crippen LogP contribution in [0.3, 0.4) is 0 Å². The Morgan fingerprint density at radius 3 is 2.14 bits per heavy atom. The minimum absolute atomic E-state index is 0.216. The number of halogens is 2. The number of hydrogen-bond acceptors (Lipinski definition) is 4. The molecule has 222 valence electrons. The molecule has 1 aliphatic heterocycles. The number of nitrogens with zero attached hydrogens (tertiary/aromatic N) is 3. The molecule has 0 aromatic heterocycles. The lowest BCUT2D eigenvalue weighted by atomic mass is 9.93. The van der Waals surface area contributed by atoms with Gasteiger partial charge in [-0.25, -0.2) is 12.7 Å². The Balaban J connectivity index is 1.68. The summed E-state index contributed by atoms with van der Waals surface area (Å²) in [6.07, 6.45) is 0. The van der Waals surface area contributed by atoms with Crippen LogP contribution in [-0.4, -0.2) is 40.9 Å². The Kier molecular flexibility index (Phi) is 7.99. The molecule has 0 unspecified atom stereocenters. The summed E-state index contributed by atoms with van der Waals surface area (Å²) in [6, 6.07) is 34.2. The Morgan fingerprint density at radius 2 is 1.41 bits per heavy atom. The SMILES string of the molecule is CN(c1ccc2c(-c3ccccc3S(=O)(=O)N(C)C)c3ccc(=[N+](C)c4ccccc4Cl)cc-3oc2c1)c1ccccc1Cl. The highest BCUT2D eigenvalue weighted by Crippen LogP contribution is 2.44. The number of anilines is 2. The lowest BCUT2D eigenvalue weighted by molar-refractivity contribution is 0.521. The molecule has 4 aromatic rings. The largest absolute Gasteiger partial charge is 0.456 e. The molecule has 9 heteroatoms. The fourth-order valence-electron chi connectivity index (χ4n) is 5.40. The van der Waals surface area contributed by atoms with E-state index in [-0.39, 0.29) is 4.90 Å². The maximum Gasteiger partial charge on any atom is 0.243 e. The van der Waals surface area contributed by atoms with Gasteiger partial charge >= 0.3 is 0 Å². The Hall–Kier alpha value is -4.14. The van der Waals surface area contributed by atoms with Crippen molar-refractivity contribution >= 4 is 61.3 Å². The average molecular weight is 644 g/mol. The fourth-order valence-corrected chi connectivity index (χ4v) is 7.01. The fraction of sp³-hybridized carbons (Fsp3) is 0.114. The molecule has 0 fully saturated rings. The van der Waals surface area contributed by atoms with E-state index < -0.39 is 10.0 Å². The first kappa shape index (κ1) is 29.9. The molecule has 44 heavy (non-hydrogen) atoms. The van der Waals surface area contributed by atoms with E-state index in [1.165, 1.54) is 18.4 Å². The Labute approximate surface area is 267 Å². The van der Waals surface area contributed by atoms with Gasteiger partial charge in [0, 0.05) is 67.1 Å². The van der Waals surface area contributed by atoms with Crippen LogP contribution in [0.5, 0.6) is 0 Å². The van der Waals surface area contributed by atoms with Gasteiger partial charge in [0.2, 0.25) is 21.1 Å². The molecule has 0 saturated carbocycles. The summed E-state index contributed by atoms with van der Waals surface area (Å²) in [7, 11) is 3.20. The summed E-state index contributed by atoms with van der Waals surface area (Å²) in [5.41, 5.74) is 5.29. The maximum atomic E-state index is 13.5. The van der Waals surface area contributed by atoms with Crippen molar-refractivity contribution in [2.45, 2.75) is 4.90 Å². The summed E-state index contributed by atoms with van der Waals surface area (Å²) in [5, 5.41) is 2.89. The van der Waals surface area contributed by atoms with Gasteiger partial charge in [0.15, 0.2) is 0 Å². The van der Waals surface area contributed by atoms with Gasteiger partial charge in [-0.05, 0) is 42.5 Å². The van der Waals surface area contributed by atoms with Crippen LogP contribution in [-0.2, 0) is 10.0 Å². The molecule has 6 rings (SSSR count). The van der Waals surface area contributed by atoms with Crippen LogP contribution in [0.4, 0.5) is 17.1 Å². The molecule has 0 N–H and O–H groups in total. The van der Waals surface area contributed by atoms with Crippen molar-refractivity contribution in [3.63, 3.8) is 0 Å². The Bertz CT molecular complexity index is 2190. The van der Waals surface area contributed by atoms with Crippen molar-refractivity contribution in [3.8, 4) is 22.5 Å². The summed E-state index contributed by atoms with van der Waals surface area (Å²) >= 11 is 13.0. The molecule has 0 radical (unpaired) electrons. The van der Waals surface area contributed by atoms with Gasteiger partial charge in [-0.1, -0.05) is 65.7 Å². The minimum atomic E-state index is -3.76. The zero-order chi connectivity index (χ0) is 31.2. The predicted molar refractivity (Wildman–Crippen MR) is 181 cm³/mol. The molecule has 1 aliphatic carbocycles. The predicted octanol–water partition coefficient (Wildman–Crippen LogP) is 8.26. The average Bonchev–Trinajstić information content (AvgIpc) is 3.03. The quantitative estimate of drug-likeness (QED) is 0.136. The van der Waals surface area contributed by atoms with Gasteiger partial charge in [0.1, 0.15) is 23.4 Å². The van der Waals surface area contributed by atoms with Crippen LogP contribution in [0.15, 0.2) is 119 Å². The third kappa shape index (κ3) is 5.26. The molecule has 0 amide bonds. The van der Waals surface area contributed by atoms with Crippen molar-refractivity contribution in [1.82, 2.24) is 8.88 Å². The molecule has 1 heterocycles. The lowest BCUT2D eigenvalue weighted by Gasteiger charge is -2.23. The van der Waals surface area contributed by atoms with Crippen LogP contribution < -0.4 is 14.8 Å². The molecule has 0 saturated heterocycles. The first-order valence-electron chi connectivity index (χ1n) is 13.9. The number of hydrogen-bond donors (Lipinski definition) is 0. The second-order valence-corrected chi connectivity index (χ2v) is 13.6. The second-order valence-electron chi connectivity index (χ2n) is 10.6. The molecule has 2 aliphatic rings. The summed E-state index contributed by atoms with van der Waals surface area (Å²) in [6.45, 7) is 0. The van der Waals surface area contributed by atoms with Gasteiger partial charge < -0.3 is 9.32 Å². The lowest BCUT2D eigenvalue weighted by Crippen LogP contribution is -2.23. The van der Waals surface area contributed by atoms with E-state index in [4.69, 9.17) is 27.6 Å². The summed E-state index contributed by atoms with van der Waals surface area (Å²) in [4.78, 5) is 2.21. The molecule has 0 spiro atoms. The second kappa shape index (κ2) is 11.7. The van der Waals surface area contributed by atoms with E-state index in [0.717, 1.165) is 38.9 Å². The molecule has 6 nitrogen and oxygen atoms in total. The maximum absolute atomic E-state index is 13.5.